The highest BCUT2D eigenvalue weighted by Crippen LogP contribution is 2.19. The SMILES string of the molecule is CN1CCN(CCOC(=O)c2ccc(Cl)c(N)c2)CC1. The van der Waals surface area contributed by atoms with E-state index in [4.69, 9.17) is 22.1 Å². The van der Waals surface area contributed by atoms with Crippen molar-refractivity contribution in [2.45, 2.75) is 0 Å². The van der Waals surface area contributed by atoms with Crippen LogP contribution in [0.1, 0.15) is 10.4 Å². The van der Waals surface area contributed by atoms with Gasteiger partial charge < -0.3 is 15.4 Å². The average Bonchev–Trinajstić information content (AvgIpc) is 2.44. The lowest BCUT2D eigenvalue weighted by Gasteiger charge is -2.32. The number of hydrogen-bond acceptors (Lipinski definition) is 5. The summed E-state index contributed by atoms with van der Waals surface area (Å²) in [6.07, 6.45) is 0. The summed E-state index contributed by atoms with van der Waals surface area (Å²) >= 11 is 5.82. The van der Waals surface area contributed by atoms with Crippen LogP contribution in [0.4, 0.5) is 5.69 Å². The van der Waals surface area contributed by atoms with Crippen molar-refractivity contribution in [2.24, 2.45) is 0 Å². The van der Waals surface area contributed by atoms with Crippen LogP contribution >= 0.6 is 11.6 Å². The van der Waals surface area contributed by atoms with Gasteiger partial charge >= 0.3 is 5.97 Å². The van der Waals surface area contributed by atoms with Gasteiger partial charge in [-0.25, -0.2) is 4.79 Å². The van der Waals surface area contributed by atoms with Crippen molar-refractivity contribution in [3.8, 4) is 0 Å². The number of benzene rings is 1. The molecule has 0 spiro atoms. The van der Waals surface area contributed by atoms with E-state index in [0.717, 1.165) is 32.7 Å². The maximum atomic E-state index is 11.9. The summed E-state index contributed by atoms with van der Waals surface area (Å²) < 4.78 is 5.26. The van der Waals surface area contributed by atoms with Crippen molar-refractivity contribution < 1.29 is 9.53 Å². The average molecular weight is 298 g/mol. The van der Waals surface area contributed by atoms with Crippen LogP contribution < -0.4 is 5.73 Å². The predicted octanol–water partition coefficient (Wildman–Crippen LogP) is 1.33. The number of anilines is 1. The molecule has 0 atom stereocenters. The Morgan fingerprint density at radius 3 is 2.70 bits per heavy atom. The quantitative estimate of drug-likeness (QED) is 0.671. The third-order valence-electron chi connectivity index (χ3n) is 3.47. The molecule has 110 valence electrons. The first kappa shape index (κ1) is 15.1. The molecular formula is C14H20ClN3O2. The molecule has 1 aliphatic heterocycles. The molecule has 5 nitrogen and oxygen atoms in total. The minimum absolute atomic E-state index is 0.359. The number of halogens is 1. The fourth-order valence-corrected chi connectivity index (χ4v) is 2.21. The summed E-state index contributed by atoms with van der Waals surface area (Å²) in [6.45, 7) is 5.31. The van der Waals surface area contributed by atoms with E-state index in [2.05, 4.69) is 16.8 Å². The fraction of sp³-hybridized carbons (Fsp3) is 0.500. The molecule has 0 bridgehead atoms. The number of nitrogens with two attached hydrogens (primary N) is 1. The lowest BCUT2D eigenvalue weighted by molar-refractivity contribution is 0.0432. The molecule has 1 aromatic carbocycles. The van der Waals surface area contributed by atoms with Crippen LogP contribution in [0.15, 0.2) is 18.2 Å². The lowest BCUT2D eigenvalue weighted by atomic mass is 10.2. The summed E-state index contributed by atoms with van der Waals surface area (Å²) in [7, 11) is 2.11. The third kappa shape index (κ3) is 4.10. The van der Waals surface area contributed by atoms with Gasteiger partial charge in [-0.1, -0.05) is 11.6 Å². The van der Waals surface area contributed by atoms with E-state index >= 15 is 0 Å². The first-order valence-electron chi connectivity index (χ1n) is 6.69. The Morgan fingerprint density at radius 1 is 1.35 bits per heavy atom. The lowest BCUT2D eigenvalue weighted by Crippen LogP contribution is -2.45. The minimum atomic E-state index is -0.359. The fourth-order valence-electron chi connectivity index (χ4n) is 2.09. The molecule has 0 aliphatic carbocycles. The zero-order chi connectivity index (χ0) is 14.5. The van der Waals surface area contributed by atoms with Gasteiger partial charge in [0.25, 0.3) is 0 Å². The third-order valence-corrected chi connectivity index (χ3v) is 3.81. The van der Waals surface area contributed by atoms with E-state index in [1.54, 1.807) is 18.2 Å². The number of nitrogens with zero attached hydrogens (tertiary/aromatic N) is 2. The van der Waals surface area contributed by atoms with Gasteiger partial charge in [0, 0.05) is 32.7 Å². The molecule has 0 saturated carbocycles. The van der Waals surface area contributed by atoms with E-state index in [1.807, 2.05) is 0 Å². The Bertz CT molecular complexity index is 473. The van der Waals surface area contributed by atoms with Crippen molar-refractivity contribution >= 4 is 23.3 Å². The van der Waals surface area contributed by atoms with Crippen LogP contribution in [-0.2, 0) is 4.74 Å². The molecule has 0 aromatic heterocycles. The largest absolute Gasteiger partial charge is 0.461 e. The number of likely N-dealkylation sites (N-methyl/N-ethyl adjacent to an activating group) is 1. The summed E-state index contributed by atoms with van der Waals surface area (Å²) in [5, 5.41) is 0.444. The van der Waals surface area contributed by atoms with Crippen molar-refractivity contribution in [3.63, 3.8) is 0 Å². The number of esters is 1. The number of nitrogen functional groups attached to an aromatic ring is 1. The van der Waals surface area contributed by atoms with E-state index in [-0.39, 0.29) is 5.97 Å². The van der Waals surface area contributed by atoms with Crippen LogP contribution in [0.25, 0.3) is 0 Å². The van der Waals surface area contributed by atoms with Crippen molar-refractivity contribution in [1.82, 2.24) is 9.80 Å². The first-order chi connectivity index (χ1) is 9.56. The second-order valence-corrected chi connectivity index (χ2v) is 5.42. The number of carbonyl (C=O) groups is 1. The molecule has 0 unspecified atom stereocenters. The predicted molar refractivity (Wildman–Crippen MR) is 80.1 cm³/mol. The van der Waals surface area contributed by atoms with Gasteiger partial charge in [-0.2, -0.15) is 0 Å². The molecule has 1 aromatic rings. The van der Waals surface area contributed by atoms with Crippen LogP contribution in [0.2, 0.25) is 5.02 Å². The Balaban J connectivity index is 1.76. The van der Waals surface area contributed by atoms with Gasteiger partial charge in [-0.15, -0.1) is 0 Å². The van der Waals surface area contributed by atoms with E-state index < -0.39 is 0 Å². The molecule has 2 rings (SSSR count). The van der Waals surface area contributed by atoms with E-state index in [0.29, 0.717) is 22.9 Å². The molecule has 1 aliphatic rings. The Morgan fingerprint density at radius 2 is 2.05 bits per heavy atom. The van der Waals surface area contributed by atoms with Crippen LogP contribution in [-0.4, -0.2) is 62.1 Å². The monoisotopic (exact) mass is 297 g/mol. The Kier molecular flexibility index (Phi) is 5.23. The summed E-state index contributed by atoms with van der Waals surface area (Å²) in [6, 6.07) is 4.77. The van der Waals surface area contributed by atoms with Gasteiger partial charge in [0.2, 0.25) is 0 Å². The Hall–Kier alpha value is -1.30. The highest BCUT2D eigenvalue weighted by atomic mass is 35.5. The molecule has 1 fully saturated rings. The maximum Gasteiger partial charge on any atom is 0.338 e. The number of hydrogen-bond donors (Lipinski definition) is 1. The number of ether oxygens (including phenoxy) is 1. The molecule has 0 amide bonds. The van der Waals surface area contributed by atoms with Gasteiger partial charge in [0.05, 0.1) is 16.3 Å². The molecule has 6 heteroatoms. The number of carbonyl (C=O) groups excluding carboxylic acids is 1. The van der Waals surface area contributed by atoms with Crippen molar-refractivity contribution in [2.75, 3.05) is 52.1 Å². The van der Waals surface area contributed by atoms with E-state index in [9.17, 15) is 4.79 Å². The summed E-state index contributed by atoms with van der Waals surface area (Å²) in [5.41, 5.74) is 6.49. The topological polar surface area (TPSA) is 58.8 Å². The molecule has 2 N–H and O–H groups in total. The standard InChI is InChI=1S/C14H20ClN3O2/c1-17-4-6-18(7-5-17)8-9-20-14(19)11-2-3-12(15)13(16)10-11/h2-3,10H,4-9,16H2,1H3. The highest BCUT2D eigenvalue weighted by molar-refractivity contribution is 6.33. The minimum Gasteiger partial charge on any atom is -0.461 e. The summed E-state index contributed by atoms with van der Waals surface area (Å²) in [4.78, 5) is 16.4. The van der Waals surface area contributed by atoms with Gasteiger partial charge in [-0.3, -0.25) is 4.90 Å². The number of piperazine rings is 1. The van der Waals surface area contributed by atoms with Crippen LogP contribution in [0.5, 0.6) is 0 Å². The zero-order valence-corrected chi connectivity index (χ0v) is 12.4. The van der Waals surface area contributed by atoms with E-state index in [1.165, 1.54) is 0 Å². The van der Waals surface area contributed by atoms with Crippen molar-refractivity contribution in [3.05, 3.63) is 28.8 Å². The zero-order valence-electron chi connectivity index (χ0n) is 11.6. The maximum absolute atomic E-state index is 11.9. The number of rotatable bonds is 4. The second kappa shape index (κ2) is 6.92. The molecule has 1 saturated heterocycles. The van der Waals surface area contributed by atoms with Crippen molar-refractivity contribution in [1.29, 1.82) is 0 Å². The second-order valence-electron chi connectivity index (χ2n) is 5.02. The van der Waals surface area contributed by atoms with Gasteiger partial charge in [-0.05, 0) is 25.2 Å². The first-order valence-corrected chi connectivity index (χ1v) is 7.07. The Labute approximate surface area is 124 Å². The van der Waals surface area contributed by atoms with Crippen LogP contribution in [0, 0.1) is 0 Å². The van der Waals surface area contributed by atoms with Gasteiger partial charge in [0.1, 0.15) is 6.61 Å². The summed E-state index contributed by atoms with van der Waals surface area (Å²) in [5.74, 6) is -0.359. The normalized spacial score (nSPS) is 17.1. The highest BCUT2D eigenvalue weighted by Gasteiger charge is 2.14. The molecule has 1 heterocycles. The smallest absolute Gasteiger partial charge is 0.338 e. The van der Waals surface area contributed by atoms with Crippen LogP contribution in [0.3, 0.4) is 0 Å². The molecule has 20 heavy (non-hydrogen) atoms. The molecule has 0 radical (unpaired) electrons. The molecular weight excluding hydrogens is 278 g/mol. The van der Waals surface area contributed by atoms with Gasteiger partial charge in [0.15, 0.2) is 0 Å².